The van der Waals surface area contributed by atoms with Gasteiger partial charge in [0.1, 0.15) is 12.2 Å². The number of aromatic nitrogens is 2. The Morgan fingerprint density at radius 1 is 1.35 bits per heavy atom. The van der Waals surface area contributed by atoms with Crippen LogP contribution in [-0.2, 0) is 7.05 Å². The van der Waals surface area contributed by atoms with E-state index in [0.717, 1.165) is 25.7 Å². The number of hydrogen-bond donors (Lipinski definition) is 2. The van der Waals surface area contributed by atoms with E-state index in [2.05, 4.69) is 5.10 Å². The fourth-order valence-electron chi connectivity index (χ4n) is 2.88. The summed E-state index contributed by atoms with van der Waals surface area (Å²) < 4.78 is 7.37. The van der Waals surface area contributed by atoms with Crippen LogP contribution in [0.15, 0.2) is 0 Å². The summed E-state index contributed by atoms with van der Waals surface area (Å²) in [6.45, 7) is 2.14. The molecule has 4 N–H and O–H groups in total. The van der Waals surface area contributed by atoms with Crippen LogP contribution < -0.4 is 16.2 Å². The molecule has 2 rings (SSSR count). The number of nitrogens with zero attached hydrogens (tertiary/aromatic N) is 2. The predicted octanol–water partition coefficient (Wildman–Crippen LogP) is 1.26. The number of hydrogen-bond acceptors (Lipinski definition) is 4. The fourth-order valence-corrected chi connectivity index (χ4v) is 2.88. The highest BCUT2D eigenvalue weighted by Crippen LogP contribution is 2.27. The molecule has 0 atom stereocenters. The van der Waals surface area contributed by atoms with Gasteiger partial charge in [-0.2, -0.15) is 5.10 Å². The van der Waals surface area contributed by atoms with Crippen LogP contribution in [0.4, 0.5) is 0 Å². The van der Waals surface area contributed by atoms with Crippen LogP contribution >= 0.6 is 0 Å². The van der Waals surface area contributed by atoms with Gasteiger partial charge in [0.2, 0.25) is 5.88 Å². The van der Waals surface area contributed by atoms with Gasteiger partial charge < -0.3 is 16.2 Å². The number of aryl methyl sites for hydroxylation is 2. The zero-order valence-corrected chi connectivity index (χ0v) is 12.3. The van der Waals surface area contributed by atoms with E-state index in [0.29, 0.717) is 23.7 Å². The van der Waals surface area contributed by atoms with E-state index in [1.165, 1.54) is 12.8 Å². The Hall–Kier alpha value is -1.56. The van der Waals surface area contributed by atoms with Crippen LogP contribution in [0.2, 0.25) is 0 Å². The van der Waals surface area contributed by atoms with Crippen LogP contribution in [0.1, 0.15) is 54.6 Å². The molecule has 1 saturated carbocycles. The van der Waals surface area contributed by atoms with Crippen molar-refractivity contribution in [2.45, 2.75) is 51.0 Å². The van der Waals surface area contributed by atoms with E-state index in [4.69, 9.17) is 16.2 Å². The van der Waals surface area contributed by atoms with Crippen molar-refractivity contribution >= 4 is 5.91 Å². The Morgan fingerprint density at radius 2 is 1.95 bits per heavy atom. The summed E-state index contributed by atoms with van der Waals surface area (Å²) in [7, 11) is 1.74. The highest BCUT2D eigenvalue weighted by molar-refractivity contribution is 5.96. The predicted molar refractivity (Wildman–Crippen MR) is 76.6 cm³/mol. The second-order valence-corrected chi connectivity index (χ2v) is 5.82. The first kappa shape index (κ1) is 14.8. The van der Waals surface area contributed by atoms with Crippen LogP contribution in [0.3, 0.4) is 0 Å². The summed E-state index contributed by atoms with van der Waals surface area (Å²) in [6, 6.07) is 0. The lowest BCUT2D eigenvalue weighted by Gasteiger charge is -2.27. The summed E-state index contributed by atoms with van der Waals surface area (Å²) in [6.07, 6.45) is 6.64. The molecule has 0 radical (unpaired) electrons. The molecule has 1 aliphatic carbocycles. The van der Waals surface area contributed by atoms with Gasteiger partial charge in [-0.1, -0.05) is 25.7 Å². The monoisotopic (exact) mass is 280 g/mol. The molecular weight excluding hydrogens is 256 g/mol. The van der Waals surface area contributed by atoms with Gasteiger partial charge in [0.05, 0.1) is 11.2 Å². The molecule has 1 aromatic heterocycles. The van der Waals surface area contributed by atoms with Gasteiger partial charge in [-0.25, -0.2) is 4.68 Å². The Bertz CT molecular complexity index is 488. The molecule has 0 aromatic carbocycles. The number of rotatable bonds is 4. The first-order valence-electron chi connectivity index (χ1n) is 7.18. The first-order valence-corrected chi connectivity index (χ1v) is 7.18. The second-order valence-electron chi connectivity index (χ2n) is 5.82. The van der Waals surface area contributed by atoms with Crippen LogP contribution in [0.5, 0.6) is 5.88 Å². The van der Waals surface area contributed by atoms with Crippen molar-refractivity contribution in [1.82, 2.24) is 9.78 Å². The van der Waals surface area contributed by atoms with Gasteiger partial charge in [0, 0.05) is 7.05 Å². The summed E-state index contributed by atoms with van der Waals surface area (Å²) in [5.74, 6) is -0.0957. The first-order chi connectivity index (χ1) is 9.43. The summed E-state index contributed by atoms with van der Waals surface area (Å²) in [5, 5.41) is 4.19. The molecule has 6 nitrogen and oxygen atoms in total. The van der Waals surface area contributed by atoms with E-state index < -0.39 is 5.91 Å². The van der Waals surface area contributed by atoms with Crippen molar-refractivity contribution in [2.75, 3.05) is 6.61 Å². The molecule has 6 heteroatoms. The lowest BCUT2D eigenvalue weighted by atomic mass is 9.93. The lowest BCUT2D eigenvalue weighted by Crippen LogP contribution is -2.45. The Labute approximate surface area is 119 Å². The van der Waals surface area contributed by atoms with Crippen molar-refractivity contribution in [3.63, 3.8) is 0 Å². The van der Waals surface area contributed by atoms with Gasteiger partial charge in [-0.3, -0.25) is 4.79 Å². The van der Waals surface area contributed by atoms with E-state index in [-0.39, 0.29) is 5.54 Å². The zero-order chi connectivity index (χ0) is 14.8. The maximum absolute atomic E-state index is 11.5. The third-order valence-corrected chi connectivity index (χ3v) is 4.01. The van der Waals surface area contributed by atoms with E-state index in [1.807, 2.05) is 0 Å². The van der Waals surface area contributed by atoms with Crippen molar-refractivity contribution < 1.29 is 9.53 Å². The maximum atomic E-state index is 11.5. The molecule has 0 spiro atoms. The minimum Gasteiger partial charge on any atom is -0.475 e. The topological polar surface area (TPSA) is 96.2 Å². The molecule has 1 heterocycles. The highest BCUT2D eigenvalue weighted by atomic mass is 16.5. The van der Waals surface area contributed by atoms with Crippen LogP contribution in [0, 0.1) is 6.92 Å². The van der Waals surface area contributed by atoms with Gasteiger partial charge in [0.15, 0.2) is 0 Å². The average molecular weight is 280 g/mol. The molecule has 0 unspecified atom stereocenters. The third-order valence-electron chi connectivity index (χ3n) is 4.01. The quantitative estimate of drug-likeness (QED) is 0.811. The van der Waals surface area contributed by atoms with Crippen molar-refractivity contribution in [1.29, 1.82) is 0 Å². The Kier molecular flexibility index (Phi) is 4.32. The van der Waals surface area contributed by atoms with E-state index in [1.54, 1.807) is 18.7 Å². The summed E-state index contributed by atoms with van der Waals surface area (Å²) in [4.78, 5) is 11.5. The molecule has 0 aliphatic heterocycles. The molecular formula is C14H24N4O2. The Morgan fingerprint density at radius 3 is 2.50 bits per heavy atom. The smallest absolute Gasteiger partial charge is 0.256 e. The van der Waals surface area contributed by atoms with Gasteiger partial charge in [-0.15, -0.1) is 0 Å². The average Bonchev–Trinajstić information content (AvgIpc) is 2.53. The van der Waals surface area contributed by atoms with Gasteiger partial charge in [0.25, 0.3) is 5.91 Å². The zero-order valence-electron chi connectivity index (χ0n) is 12.3. The number of nitrogens with two attached hydrogens (primary N) is 2. The normalized spacial score (nSPS) is 18.6. The minimum absolute atomic E-state index is 0.316. The molecule has 1 aliphatic rings. The maximum Gasteiger partial charge on any atom is 0.256 e. The van der Waals surface area contributed by atoms with E-state index >= 15 is 0 Å². The molecule has 1 amide bonds. The number of carbonyl (C=O) groups is 1. The summed E-state index contributed by atoms with van der Waals surface area (Å²) in [5.41, 5.74) is 12.4. The van der Waals surface area contributed by atoms with Crippen molar-refractivity contribution in [3.05, 3.63) is 11.3 Å². The largest absolute Gasteiger partial charge is 0.475 e. The summed E-state index contributed by atoms with van der Waals surface area (Å²) >= 11 is 0. The third kappa shape index (κ3) is 3.12. The molecule has 112 valence electrons. The minimum atomic E-state index is -0.516. The molecule has 0 saturated heterocycles. The number of primary amides is 1. The van der Waals surface area contributed by atoms with Gasteiger partial charge >= 0.3 is 0 Å². The lowest BCUT2D eigenvalue weighted by molar-refractivity contribution is 0.0992. The molecule has 20 heavy (non-hydrogen) atoms. The molecule has 0 bridgehead atoms. The SMILES string of the molecule is Cc1nn(C)c(OCC2(N)CCCCCC2)c1C(N)=O. The second kappa shape index (κ2) is 5.83. The van der Waals surface area contributed by atoms with Crippen molar-refractivity contribution in [3.8, 4) is 5.88 Å². The van der Waals surface area contributed by atoms with Crippen LogP contribution in [-0.4, -0.2) is 27.8 Å². The molecule has 1 aromatic rings. The van der Waals surface area contributed by atoms with Gasteiger partial charge in [-0.05, 0) is 19.8 Å². The standard InChI is InChI=1S/C14H24N4O2/c1-10-11(12(15)19)13(18(2)17-10)20-9-14(16)7-5-3-4-6-8-14/h3-9,16H2,1-2H3,(H2,15,19). The Balaban J connectivity index is 2.12. The van der Waals surface area contributed by atoms with Crippen LogP contribution in [0.25, 0.3) is 0 Å². The number of ether oxygens (including phenoxy) is 1. The fraction of sp³-hybridized carbons (Fsp3) is 0.714. The van der Waals surface area contributed by atoms with Crippen molar-refractivity contribution in [2.24, 2.45) is 18.5 Å². The number of amides is 1. The molecule has 1 fully saturated rings. The van der Waals surface area contributed by atoms with E-state index in [9.17, 15) is 4.79 Å². The highest BCUT2D eigenvalue weighted by Gasteiger charge is 2.29. The number of carbonyl (C=O) groups excluding carboxylic acids is 1.